The number of likely N-dealkylation sites (N-methyl/N-ethyl adjacent to an activating group) is 1. The Hall–Kier alpha value is -4.90. The Labute approximate surface area is 317 Å². The molecule has 6 rings (SSSR count). The van der Waals surface area contributed by atoms with Crippen LogP contribution in [0.2, 0.25) is 0 Å². The number of fused-ring (bicyclic) bond motifs is 1. The first-order valence-corrected chi connectivity index (χ1v) is 19.7. The van der Waals surface area contributed by atoms with Crippen molar-refractivity contribution in [2.24, 2.45) is 5.16 Å². The normalized spacial score (nSPS) is 17.2. The maximum Gasteiger partial charge on any atom is 0.352 e. The Morgan fingerprint density at radius 1 is 1.26 bits per heavy atom. The van der Waals surface area contributed by atoms with Crippen LogP contribution >= 0.6 is 46.6 Å². The van der Waals surface area contributed by atoms with Crippen molar-refractivity contribution in [1.82, 2.24) is 35.3 Å². The van der Waals surface area contributed by atoms with E-state index in [4.69, 9.17) is 15.0 Å². The molecule has 0 aromatic carbocycles. The van der Waals surface area contributed by atoms with E-state index >= 15 is 0 Å². The predicted octanol–water partition coefficient (Wildman–Crippen LogP) is 1.06. The number of hydrogen-bond acceptors (Lipinski definition) is 17. The topological polar surface area (TPSA) is 246 Å². The molecule has 0 unspecified atom stereocenters. The molecular formula is C31H33N10O8S4+. The summed E-state index contributed by atoms with van der Waals surface area (Å²) in [6.07, 6.45) is 5.08. The van der Waals surface area contributed by atoms with Crippen LogP contribution in [0, 0.1) is 0 Å². The fraction of sp³-hybridized carbons (Fsp3) is 0.323. The number of carbonyl (C=O) groups is 3. The Bertz CT molecular complexity index is 2120. The number of amides is 2. The summed E-state index contributed by atoms with van der Waals surface area (Å²) in [7, 11) is 4.03. The van der Waals surface area contributed by atoms with Crippen LogP contribution in [0.3, 0.4) is 0 Å². The maximum atomic E-state index is 13.5. The molecule has 6 heterocycles. The monoisotopic (exact) mass is 801 g/mol. The van der Waals surface area contributed by atoms with Gasteiger partial charge in [0.05, 0.1) is 6.54 Å². The molecule has 0 saturated carbocycles. The standard InChI is InChI=1S/C31H32N10O8S4/c1-39(2)7-8-40-5-3-17(4-6-40)51-13-16-14-52-28-23(27(45)41(28)24(16)29(46)47)35-25(44)22(19-15-53-30(32)34-19)38-48-9-10-50-31-37-36-26(49-31)18-11-20(42)21(43)12-33-18/h3-6,11-12,15,23,28H,7-10,13-14H2,1-2H3,(H5-,32,33,34,35,36,38,42,43,44,46,47)/p+1/t23-,28-/m1/s1. The van der Waals surface area contributed by atoms with E-state index in [0.29, 0.717) is 17.1 Å². The summed E-state index contributed by atoms with van der Waals surface area (Å²) in [6.45, 7) is 1.74. The van der Waals surface area contributed by atoms with Crippen LogP contribution in [0.25, 0.3) is 11.6 Å². The van der Waals surface area contributed by atoms with E-state index in [1.54, 1.807) is 0 Å². The highest BCUT2D eigenvalue weighted by Crippen LogP contribution is 2.41. The average molecular weight is 802 g/mol. The third-order valence-corrected chi connectivity index (χ3v) is 11.6. The first kappa shape index (κ1) is 37.8. The number of anilines is 1. The summed E-state index contributed by atoms with van der Waals surface area (Å²) in [6, 6.07) is 4.08. The Balaban J connectivity index is 1.05. The molecule has 278 valence electrons. The summed E-state index contributed by atoms with van der Waals surface area (Å²) in [4.78, 5) is 67.5. The lowest BCUT2D eigenvalue weighted by atomic mass is 10.0. The van der Waals surface area contributed by atoms with Crippen LogP contribution in [0.15, 0.2) is 77.9 Å². The second kappa shape index (κ2) is 16.8. The van der Waals surface area contributed by atoms with E-state index in [1.807, 2.05) is 38.6 Å². The van der Waals surface area contributed by atoms with Crippen LogP contribution in [-0.4, -0.2) is 120 Å². The summed E-state index contributed by atoms with van der Waals surface area (Å²) in [5, 5.41) is 35.2. The van der Waals surface area contributed by atoms with Crippen molar-refractivity contribution < 1.29 is 38.4 Å². The van der Waals surface area contributed by atoms with Gasteiger partial charge in [-0.1, -0.05) is 16.9 Å². The maximum absolute atomic E-state index is 13.5. The Morgan fingerprint density at radius 3 is 2.75 bits per heavy atom. The number of nitrogen functional groups attached to an aromatic ring is 1. The van der Waals surface area contributed by atoms with Crippen molar-refractivity contribution in [2.45, 2.75) is 28.1 Å². The number of nitrogens with two attached hydrogens (primary N) is 1. The molecule has 2 atom stereocenters. The fourth-order valence-corrected chi connectivity index (χ4v) is 8.51. The van der Waals surface area contributed by atoms with Gasteiger partial charge in [-0.05, 0) is 19.7 Å². The van der Waals surface area contributed by atoms with E-state index in [-0.39, 0.29) is 51.4 Å². The summed E-state index contributed by atoms with van der Waals surface area (Å²) in [5.41, 5.74) is 5.89. The number of aromatic hydroxyl groups is 1. The van der Waals surface area contributed by atoms with Gasteiger partial charge in [0.25, 0.3) is 22.9 Å². The molecule has 22 heteroatoms. The lowest BCUT2D eigenvalue weighted by Crippen LogP contribution is -2.71. The molecule has 0 aliphatic carbocycles. The number of carboxylic acids is 1. The number of thioether (sulfide) groups is 3. The van der Waals surface area contributed by atoms with Crippen molar-refractivity contribution in [3.05, 3.63) is 69.4 Å². The number of aromatic nitrogens is 5. The number of hydrogen-bond donors (Lipinski definition) is 5. The van der Waals surface area contributed by atoms with Crippen molar-refractivity contribution in [3.8, 4) is 17.3 Å². The Morgan fingerprint density at radius 2 is 2.06 bits per heavy atom. The minimum absolute atomic E-state index is 0.00355. The van der Waals surface area contributed by atoms with Gasteiger partial charge in [0.1, 0.15) is 35.1 Å². The minimum Gasteiger partial charge on any atom is -0.503 e. The molecule has 0 spiro atoms. The number of H-pyrrole nitrogens is 1. The van der Waals surface area contributed by atoms with Crippen molar-refractivity contribution >= 4 is 75.2 Å². The average Bonchev–Trinajstić information content (AvgIpc) is 3.80. The Kier molecular flexibility index (Phi) is 12.0. The van der Waals surface area contributed by atoms with Crippen LogP contribution in [0.4, 0.5) is 5.13 Å². The fourth-order valence-electron chi connectivity index (χ4n) is 5.02. The molecule has 2 aliphatic heterocycles. The van der Waals surface area contributed by atoms with E-state index in [1.165, 1.54) is 33.8 Å². The first-order chi connectivity index (χ1) is 25.5. The smallest absolute Gasteiger partial charge is 0.352 e. The quantitative estimate of drug-likeness (QED) is 0.0266. The zero-order valence-electron chi connectivity index (χ0n) is 28.1. The van der Waals surface area contributed by atoms with Gasteiger partial charge < -0.3 is 40.4 Å². The summed E-state index contributed by atoms with van der Waals surface area (Å²) in [5.74, 6) is -1.90. The lowest BCUT2D eigenvalue weighted by molar-refractivity contribution is -0.696. The highest BCUT2D eigenvalue weighted by molar-refractivity contribution is 8.01. The molecule has 4 aromatic heterocycles. The highest BCUT2D eigenvalue weighted by Gasteiger charge is 2.54. The van der Waals surface area contributed by atoms with Crippen LogP contribution in [0.5, 0.6) is 5.75 Å². The van der Waals surface area contributed by atoms with Crippen molar-refractivity contribution in [2.75, 3.05) is 50.2 Å². The molecule has 1 fully saturated rings. The number of β-lactam (4-membered cyclic amide) rings is 1. The molecule has 0 radical (unpaired) electrons. The SMILES string of the molecule is CN(C)CC[n+]1ccc(SCC2=C(C(=O)O)N3C(=O)[C@@H](NC(=O)/C(=N\OCCSc4nnc(-c5cc(=O)c(O)c[nH]5)o4)c4csc(N)n4)[C@H]3SC2)cc1. The zero-order chi connectivity index (χ0) is 37.6. The lowest BCUT2D eigenvalue weighted by Gasteiger charge is -2.49. The van der Waals surface area contributed by atoms with E-state index < -0.39 is 40.4 Å². The van der Waals surface area contributed by atoms with E-state index in [0.717, 1.165) is 53.3 Å². The predicted molar refractivity (Wildman–Crippen MR) is 197 cm³/mol. The molecule has 2 aliphatic rings. The van der Waals surface area contributed by atoms with Gasteiger partial charge in [-0.3, -0.25) is 19.3 Å². The molecule has 4 aromatic rings. The van der Waals surface area contributed by atoms with Crippen LogP contribution < -0.4 is 21.0 Å². The highest BCUT2D eigenvalue weighted by atomic mass is 32.2. The van der Waals surface area contributed by atoms with Crippen LogP contribution in [-0.2, 0) is 25.8 Å². The van der Waals surface area contributed by atoms with E-state index in [2.05, 4.69) is 40.1 Å². The van der Waals surface area contributed by atoms with Gasteiger partial charge in [0.2, 0.25) is 5.43 Å². The second-order valence-electron chi connectivity index (χ2n) is 11.6. The molecule has 1 saturated heterocycles. The molecule has 2 amide bonds. The number of rotatable bonds is 16. The van der Waals surface area contributed by atoms with Gasteiger partial charge in [-0.25, -0.2) is 14.3 Å². The number of carbonyl (C=O) groups excluding carboxylic acids is 2. The largest absolute Gasteiger partial charge is 0.503 e. The first-order valence-electron chi connectivity index (χ1n) is 15.8. The number of nitrogens with one attached hydrogen (secondary N) is 2. The van der Waals surface area contributed by atoms with E-state index in [9.17, 15) is 29.4 Å². The van der Waals surface area contributed by atoms with Crippen molar-refractivity contribution in [1.29, 1.82) is 0 Å². The van der Waals surface area contributed by atoms with Gasteiger partial charge in [-0.2, -0.15) is 0 Å². The summed E-state index contributed by atoms with van der Waals surface area (Å²) >= 11 is 5.08. The van der Waals surface area contributed by atoms with Gasteiger partial charge in [0, 0.05) is 51.9 Å². The summed E-state index contributed by atoms with van der Waals surface area (Å²) < 4.78 is 7.60. The zero-order valence-corrected chi connectivity index (χ0v) is 31.4. The number of thiazole rings is 1. The number of aromatic amines is 1. The molecule has 6 N–H and O–H groups in total. The molecular weight excluding hydrogens is 769 g/mol. The third kappa shape index (κ3) is 9.01. The number of nitrogens with zero attached hydrogens (tertiary/aromatic N) is 7. The number of oxime groups is 1. The molecule has 0 bridgehead atoms. The van der Waals surface area contributed by atoms with Gasteiger partial charge in [0.15, 0.2) is 35.5 Å². The number of carboxylic acid groups (broad SMARTS) is 1. The molecule has 53 heavy (non-hydrogen) atoms. The second-order valence-corrected chi connectivity index (χ2v) is 15.7. The molecule has 18 nitrogen and oxygen atoms in total. The number of pyridine rings is 2. The minimum atomic E-state index is -1.21. The van der Waals surface area contributed by atoms with Gasteiger partial charge in [-0.15, -0.1) is 45.1 Å². The third-order valence-electron chi connectivity index (χ3n) is 7.68. The van der Waals surface area contributed by atoms with Crippen molar-refractivity contribution in [3.63, 3.8) is 0 Å². The number of aliphatic carboxylic acids is 1. The van der Waals surface area contributed by atoms with Crippen LogP contribution in [0.1, 0.15) is 5.69 Å². The van der Waals surface area contributed by atoms with Gasteiger partial charge >= 0.3 is 5.97 Å².